The van der Waals surface area contributed by atoms with E-state index in [9.17, 15) is 14.4 Å². The summed E-state index contributed by atoms with van der Waals surface area (Å²) >= 11 is 0. The Labute approximate surface area is 156 Å². The number of fused-ring (bicyclic) bond motifs is 1. The van der Waals surface area contributed by atoms with Crippen LogP contribution < -0.4 is 5.56 Å². The number of carbonyl (C=O) groups excluding carboxylic acids is 2. The molecule has 2 aromatic rings. The molecule has 9 heteroatoms. The van der Waals surface area contributed by atoms with Crippen LogP contribution in [-0.2, 0) is 11.3 Å². The molecule has 0 radical (unpaired) electrons. The molecule has 0 bridgehead atoms. The van der Waals surface area contributed by atoms with Crippen LogP contribution in [0, 0.1) is 5.92 Å². The highest BCUT2D eigenvalue weighted by atomic mass is 16.5. The van der Waals surface area contributed by atoms with E-state index in [1.54, 1.807) is 23.2 Å². The number of hydrogen-bond acceptors (Lipinski definition) is 6. The van der Waals surface area contributed by atoms with Crippen LogP contribution in [0.3, 0.4) is 0 Å². The lowest BCUT2D eigenvalue weighted by atomic mass is 10.2. The van der Waals surface area contributed by atoms with Crippen molar-refractivity contribution in [3.05, 3.63) is 34.4 Å². The van der Waals surface area contributed by atoms with Crippen molar-refractivity contribution in [1.82, 2.24) is 24.3 Å². The summed E-state index contributed by atoms with van der Waals surface area (Å²) in [6.45, 7) is 5.80. The normalized spacial score (nSPS) is 14.7. The fraction of sp³-hybridized carbons (Fsp3) is 0.500. The largest absolute Gasteiger partial charge is 0.453 e. The zero-order chi connectivity index (χ0) is 19.6. The van der Waals surface area contributed by atoms with Gasteiger partial charge in [0.25, 0.3) is 11.5 Å². The molecule has 144 valence electrons. The van der Waals surface area contributed by atoms with E-state index in [0.29, 0.717) is 43.9 Å². The van der Waals surface area contributed by atoms with E-state index in [1.165, 1.54) is 16.6 Å². The molecule has 1 aliphatic rings. The first kappa shape index (κ1) is 18.8. The maximum absolute atomic E-state index is 12.9. The van der Waals surface area contributed by atoms with Gasteiger partial charge >= 0.3 is 6.09 Å². The summed E-state index contributed by atoms with van der Waals surface area (Å²) in [5.74, 6) is -0.213. The lowest BCUT2D eigenvalue weighted by molar-refractivity contribution is 0.0592. The Morgan fingerprint density at radius 2 is 1.85 bits per heavy atom. The van der Waals surface area contributed by atoms with E-state index < -0.39 is 17.6 Å². The third kappa shape index (κ3) is 3.76. The topological polar surface area (TPSA) is 97.6 Å². The SMILES string of the molecule is COC(=O)N1CCN(C(=O)c2nc3cccnc3n(CC(C)C)c2=O)CC1. The van der Waals surface area contributed by atoms with Crippen LogP contribution in [0.5, 0.6) is 0 Å². The molecule has 1 fully saturated rings. The molecule has 3 heterocycles. The number of methoxy groups -OCH3 is 1. The maximum Gasteiger partial charge on any atom is 0.409 e. The summed E-state index contributed by atoms with van der Waals surface area (Å²) in [7, 11) is 1.32. The molecule has 9 nitrogen and oxygen atoms in total. The zero-order valence-corrected chi connectivity index (χ0v) is 15.7. The first-order valence-electron chi connectivity index (χ1n) is 8.90. The summed E-state index contributed by atoms with van der Waals surface area (Å²) in [6.07, 6.45) is 1.18. The average molecular weight is 373 g/mol. The van der Waals surface area contributed by atoms with Crippen molar-refractivity contribution in [3.63, 3.8) is 0 Å². The second-order valence-corrected chi connectivity index (χ2v) is 6.87. The predicted octanol–water partition coefficient (Wildman–Crippen LogP) is 0.972. The number of aromatic nitrogens is 3. The molecule has 0 spiro atoms. The van der Waals surface area contributed by atoms with Gasteiger partial charge in [0.15, 0.2) is 11.3 Å². The van der Waals surface area contributed by atoms with Crippen molar-refractivity contribution in [2.45, 2.75) is 20.4 Å². The van der Waals surface area contributed by atoms with E-state index in [1.807, 2.05) is 13.8 Å². The van der Waals surface area contributed by atoms with Gasteiger partial charge < -0.3 is 14.5 Å². The molecule has 1 aliphatic heterocycles. The number of hydrogen-bond donors (Lipinski definition) is 0. The van der Waals surface area contributed by atoms with E-state index in [0.717, 1.165) is 0 Å². The molecular weight excluding hydrogens is 350 g/mol. The van der Waals surface area contributed by atoms with Crippen LogP contribution in [0.4, 0.5) is 4.79 Å². The molecule has 0 aliphatic carbocycles. The number of piperazine rings is 1. The minimum Gasteiger partial charge on any atom is -0.453 e. The van der Waals surface area contributed by atoms with Gasteiger partial charge in [-0.25, -0.2) is 14.8 Å². The monoisotopic (exact) mass is 373 g/mol. The molecule has 2 amide bonds. The average Bonchev–Trinajstić information content (AvgIpc) is 2.68. The van der Waals surface area contributed by atoms with Gasteiger partial charge in [0.05, 0.1) is 7.11 Å². The van der Waals surface area contributed by atoms with Gasteiger partial charge in [0.2, 0.25) is 0 Å². The summed E-state index contributed by atoms with van der Waals surface area (Å²) in [5.41, 5.74) is 0.440. The van der Waals surface area contributed by atoms with Crippen molar-refractivity contribution >= 4 is 23.2 Å². The highest BCUT2D eigenvalue weighted by Gasteiger charge is 2.28. The van der Waals surface area contributed by atoms with Gasteiger partial charge in [-0.3, -0.25) is 14.2 Å². The quantitative estimate of drug-likeness (QED) is 0.795. The number of nitrogens with zero attached hydrogens (tertiary/aromatic N) is 5. The molecule has 0 saturated carbocycles. The fourth-order valence-electron chi connectivity index (χ4n) is 3.12. The lowest BCUT2D eigenvalue weighted by Crippen LogP contribution is -2.51. The Hall–Kier alpha value is -2.97. The van der Waals surface area contributed by atoms with Crippen LogP contribution in [-0.4, -0.2) is 69.6 Å². The molecule has 0 N–H and O–H groups in total. The first-order valence-corrected chi connectivity index (χ1v) is 8.90. The highest BCUT2D eigenvalue weighted by molar-refractivity contribution is 5.93. The van der Waals surface area contributed by atoms with Gasteiger partial charge in [-0.05, 0) is 18.1 Å². The second kappa shape index (κ2) is 7.73. The Morgan fingerprint density at radius 3 is 2.48 bits per heavy atom. The Bertz CT molecular complexity index is 916. The van der Waals surface area contributed by atoms with Crippen molar-refractivity contribution in [1.29, 1.82) is 0 Å². The van der Waals surface area contributed by atoms with Crippen molar-refractivity contribution < 1.29 is 14.3 Å². The Kier molecular flexibility index (Phi) is 5.38. The zero-order valence-electron chi connectivity index (χ0n) is 15.7. The Morgan fingerprint density at radius 1 is 1.19 bits per heavy atom. The molecule has 27 heavy (non-hydrogen) atoms. The molecule has 2 aromatic heterocycles. The van der Waals surface area contributed by atoms with Crippen LogP contribution in [0.1, 0.15) is 24.3 Å². The van der Waals surface area contributed by atoms with Crippen LogP contribution in [0.15, 0.2) is 23.1 Å². The molecule has 3 rings (SSSR count). The van der Waals surface area contributed by atoms with E-state index >= 15 is 0 Å². The van der Waals surface area contributed by atoms with Crippen molar-refractivity contribution in [2.24, 2.45) is 5.92 Å². The highest BCUT2D eigenvalue weighted by Crippen LogP contribution is 2.12. The Balaban J connectivity index is 1.92. The first-order chi connectivity index (χ1) is 12.9. The number of ether oxygens (including phenoxy) is 1. The van der Waals surface area contributed by atoms with Gasteiger partial charge in [0.1, 0.15) is 5.52 Å². The smallest absolute Gasteiger partial charge is 0.409 e. The molecule has 1 saturated heterocycles. The summed E-state index contributed by atoms with van der Waals surface area (Å²) in [5, 5.41) is 0. The number of amides is 2. The third-order valence-electron chi connectivity index (χ3n) is 4.45. The van der Waals surface area contributed by atoms with Gasteiger partial charge in [-0.15, -0.1) is 0 Å². The minimum absolute atomic E-state index is 0.109. The second-order valence-electron chi connectivity index (χ2n) is 6.87. The molecule has 0 unspecified atom stereocenters. The summed E-state index contributed by atoms with van der Waals surface area (Å²) in [4.78, 5) is 49.1. The van der Waals surface area contributed by atoms with Crippen molar-refractivity contribution in [3.8, 4) is 0 Å². The van der Waals surface area contributed by atoms with Crippen molar-refractivity contribution in [2.75, 3.05) is 33.3 Å². The lowest BCUT2D eigenvalue weighted by Gasteiger charge is -2.33. The van der Waals surface area contributed by atoms with E-state index in [-0.39, 0.29) is 11.6 Å². The number of rotatable bonds is 3. The standard InChI is InChI=1S/C18H23N5O4/c1-12(2)11-23-15-13(5-4-6-19-15)20-14(17(23)25)16(24)21-7-9-22(10-8-21)18(26)27-3/h4-6,12H,7-11H2,1-3H3. The molecule has 0 aromatic carbocycles. The van der Waals surface area contributed by atoms with Crippen LogP contribution >= 0.6 is 0 Å². The fourth-order valence-corrected chi connectivity index (χ4v) is 3.12. The third-order valence-corrected chi connectivity index (χ3v) is 4.45. The molecular formula is C18H23N5O4. The van der Waals surface area contributed by atoms with Gasteiger partial charge in [-0.2, -0.15) is 0 Å². The van der Waals surface area contributed by atoms with Gasteiger partial charge in [0, 0.05) is 38.9 Å². The maximum atomic E-state index is 12.9. The summed E-state index contributed by atoms with van der Waals surface area (Å²) < 4.78 is 6.22. The van der Waals surface area contributed by atoms with Gasteiger partial charge in [-0.1, -0.05) is 13.8 Å². The summed E-state index contributed by atoms with van der Waals surface area (Å²) in [6, 6.07) is 3.47. The predicted molar refractivity (Wildman–Crippen MR) is 98.5 cm³/mol. The number of pyridine rings is 1. The van der Waals surface area contributed by atoms with Crippen LogP contribution in [0.2, 0.25) is 0 Å². The molecule has 0 atom stereocenters. The van der Waals surface area contributed by atoms with E-state index in [4.69, 9.17) is 4.74 Å². The van der Waals surface area contributed by atoms with Crippen LogP contribution in [0.25, 0.3) is 11.2 Å². The van der Waals surface area contributed by atoms with E-state index in [2.05, 4.69) is 9.97 Å². The number of carbonyl (C=O) groups is 2. The minimum atomic E-state index is -0.435.